The van der Waals surface area contributed by atoms with Crippen molar-refractivity contribution in [3.63, 3.8) is 0 Å². The minimum absolute atomic E-state index is 0.192. The number of carbonyl (C=O) groups is 1. The number of rotatable bonds is 5. The van der Waals surface area contributed by atoms with Crippen molar-refractivity contribution in [2.75, 3.05) is 0 Å². The highest BCUT2D eigenvalue weighted by Crippen LogP contribution is 2.58. The van der Waals surface area contributed by atoms with E-state index in [1.807, 2.05) is 0 Å². The van der Waals surface area contributed by atoms with Gasteiger partial charge in [-0.15, -0.1) is 0 Å². The Balaban J connectivity index is 1.22. The molecular weight excluding hydrogens is 332 g/mol. The number of fused-ring (bicyclic) bond motifs is 3. The second kappa shape index (κ2) is 5.68. The second-order valence-electron chi connectivity index (χ2n) is 9.97. The Kier molecular flexibility index (Phi) is 3.56. The highest BCUT2D eigenvalue weighted by molar-refractivity contribution is 5.75. The summed E-state index contributed by atoms with van der Waals surface area (Å²) in [6.45, 7) is 0. The Hall–Kier alpha value is -0.650. The van der Waals surface area contributed by atoms with E-state index in [2.05, 4.69) is 0 Å². The van der Waals surface area contributed by atoms with Crippen molar-refractivity contribution in [1.29, 1.82) is 0 Å². The van der Waals surface area contributed by atoms with Gasteiger partial charge < -0.3 is 19.3 Å². The Morgan fingerprint density at radius 1 is 0.846 bits per heavy atom. The van der Waals surface area contributed by atoms with Crippen molar-refractivity contribution in [1.82, 2.24) is 0 Å². The lowest BCUT2D eigenvalue weighted by molar-refractivity contribution is -0.157. The Labute approximate surface area is 154 Å². The normalized spacial score (nSPS) is 56.7. The molecule has 3 saturated carbocycles. The van der Waals surface area contributed by atoms with E-state index in [-0.39, 0.29) is 12.0 Å². The number of aliphatic carboxylic acids is 1. The fraction of sp³-hybridized carbons (Fsp3) is 0.952. The van der Waals surface area contributed by atoms with Crippen molar-refractivity contribution < 1.29 is 24.1 Å². The molecule has 3 aliphatic heterocycles. The molecular formula is C21H30O5. The van der Waals surface area contributed by atoms with Crippen LogP contribution in [0.1, 0.15) is 64.2 Å². The zero-order chi connectivity index (χ0) is 17.5. The summed E-state index contributed by atoms with van der Waals surface area (Å²) in [5.41, 5.74) is -0.578. The number of carboxylic acids is 1. The zero-order valence-electron chi connectivity index (χ0n) is 15.3. The average molecular weight is 362 g/mol. The maximum atomic E-state index is 12.6. The molecule has 0 aromatic rings. The first-order valence-electron chi connectivity index (χ1n) is 10.8. The molecule has 5 heteroatoms. The van der Waals surface area contributed by atoms with E-state index in [1.54, 1.807) is 0 Å². The first kappa shape index (κ1) is 16.3. The molecule has 26 heavy (non-hydrogen) atoms. The van der Waals surface area contributed by atoms with Crippen LogP contribution in [0, 0.1) is 23.2 Å². The van der Waals surface area contributed by atoms with Crippen LogP contribution < -0.4 is 0 Å². The summed E-state index contributed by atoms with van der Waals surface area (Å²) >= 11 is 0. The minimum Gasteiger partial charge on any atom is -0.481 e. The Bertz CT molecular complexity index is 607. The minimum atomic E-state index is -0.578. The van der Waals surface area contributed by atoms with Gasteiger partial charge in [0.2, 0.25) is 0 Å². The van der Waals surface area contributed by atoms with Crippen LogP contribution in [0.4, 0.5) is 0 Å². The van der Waals surface area contributed by atoms with Crippen LogP contribution in [0.25, 0.3) is 0 Å². The van der Waals surface area contributed by atoms with Crippen LogP contribution >= 0.6 is 0 Å². The lowest BCUT2D eigenvalue weighted by Crippen LogP contribution is -2.47. The van der Waals surface area contributed by atoms with E-state index in [9.17, 15) is 9.90 Å². The van der Waals surface area contributed by atoms with Crippen LogP contribution in [0.2, 0.25) is 0 Å². The molecule has 0 spiro atoms. The van der Waals surface area contributed by atoms with E-state index >= 15 is 0 Å². The third kappa shape index (κ3) is 2.65. The molecule has 144 valence electrons. The average Bonchev–Trinajstić information content (AvgIpc) is 3.50. The lowest BCUT2D eigenvalue weighted by atomic mass is 9.58. The Morgan fingerprint density at radius 2 is 1.54 bits per heavy atom. The third-order valence-electron chi connectivity index (χ3n) is 8.49. The molecule has 3 heterocycles. The summed E-state index contributed by atoms with van der Waals surface area (Å²) in [6.07, 6.45) is 12.9. The molecule has 10 atom stereocenters. The smallest absolute Gasteiger partial charge is 0.310 e. The number of epoxide rings is 3. The largest absolute Gasteiger partial charge is 0.481 e. The van der Waals surface area contributed by atoms with Gasteiger partial charge in [-0.2, -0.15) is 0 Å². The standard InChI is InChI=1S/C21H30O5/c22-20(23)21(10-12-2-4-15-18(9-12)25-15)6-5-16-19(26-16)13(21)7-11-1-3-14-17(8-11)24-14/h11-19H,1-10H2,(H,22,23). The molecule has 0 amide bonds. The van der Waals surface area contributed by atoms with Gasteiger partial charge in [0.05, 0.1) is 42.0 Å². The predicted octanol–water partition coefficient (Wildman–Crippen LogP) is 3.15. The maximum Gasteiger partial charge on any atom is 0.310 e. The molecule has 0 aromatic carbocycles. The van der Waals surface area contributed by atoms with E-state index < -0.39 is 11.4 Å². The number of carboxylic acid groups (broad SMARTS) is 1. The number of ether oxygens (including phenoxy) is 3. The molecule has 6 aliphatic rings. The highest BCUT2D eigenvalue weighted by atomic mass is 16.6. The molecule has 0 bridgehead atoms. The van der Waals surface area contributed by atoms with Gasteiger partial charge in [0.25, 0.3) is 0 Å². The summed E-state index contributed by atoms with van der Waals surface area (Å²) in [5.74, 6) is 0.756. The van der Waals surface area contributed by atoms with Crippen LogP contribution in [0.3, 0.4) is 0 Å². The van der Waals surface area contributed by atoms with Crippen molar-refractivity contribution >= 4 is 5.97 Å². The first-order chi connectivity index (χ1) is 12.6. The third-order valence-corrected chi connectivity index (χ3v) is 8.49. The monoisotopic (exact) mass is 362 g/mol. The molecule has 0 aromatic heterocycles. The molecule has 6 fully saturated rings. The van der Waals surface area contributed by atoms with Crippen molar-refractivity contribution in [2.45, 2.75) is 101 Å². The summed E-state index contributed by atoms with van der Waals surface area (Å²) in [7, 11) is 0. The highest BCUT2D eigenvalue weighted by Gasteiger charge is 2.62. The van der Waals surface area contributed by atoms with Gasteiger partial charge in [0, 0.05) is 5.92 Å². The van der Waals surface area contributed by atoms with Gasteiger partial charge in [0.15, 0.2) is 0 Å². The van der Waals surface area contributed by atoms with Gasteiger partial charge in [-0.25, -0.2) is 0 Å². The topological polar surface area (TPSA) is 74.9 Å². The van der Waals surface area contributed by atoms with Gasteiger partial charge in [0.1, 0.15) is 0 Å². The molecule has 1 N–H and O–H groups in total. The molecule has 10 unspecified atom stereocenters. The van der Waals surface area contributed by atoms with Crippen LogP contribution in [-0.4, -0.2) is 47.7 Å². The van der Waals surface area contributed by atoms with Gasteiger partial charge >= 0.3 is 5.97 Å². The Morgan fingerprint density at radius 3 is 2.23 bits per heavy atom. The van der Waals surface area contributed by atoms with E-state index in [0.29, 0.717) is 42.4 Å². The predicted molar refractivity (Wildman–Crippen MR) is 92.7 cm³/mol. The van der Waals surface area contributed by atoms with Crippen molar-refractivity contribution in [3.05, 3.63) is 0 Å². The second-order valence-corrected chi connectivity index (χ2v) is 9.97. The first-order valence-corrected chi connectivity index (χ1v) is 10.8. The van der Waals surface area contributed by atoms with Crippen LogP contribution in [0.5, 0.6) is 0 Å². The van der Waals surface area contributed by atoms with Crippen LogP contribution in [0.15, 0.2) is 0 Å². The van der Waals surface area contributed by atoms with Crippen LogP contribution in [-0.2, 0) is 19.0 Å². The lowest BCUT2D eigenvalue weighted by Gasteiger charge is -2.43. The quantitative estimate of drug-likeness (QED) is 0.761. The zero-order valence-corrected chi connectivity index (χ0v) is 15.3. The maximum absolute atomic E-state index is 12.6. The summed E-state index contributed by atoms with van der Waals surface area (Å²) in [4.78, 5) is 12.6. The van der Waals surface area contributed by atoms with E-state index in [1.165, 1.54) is 12.8 Å². The van der Waals surface area contributed by atoms with Gasteiger partial charge in [-0.1, -0.05) is 0 Å². The molecule has 5 nitrogen and oxygen atoms in total. The fourth-order valence-electron chi connectivity index (χ4n) is 6.86. The van der Waals surface area contributed by atoms with E-state index in [4.69, 9.17) is 14.2 Å². The van der Waals surface area contributed by atoms with Gasteiger partial charge in [-0.3, -0.25) is 4.79 Å². The SMILES string of the molecule is O=C(O)C1(CC2CCC3OC3C2)CCC2OC2C1CC1CCC2OC2C1. The summed E-state index contributed by atoms with van der Waals surface area (Å²) in [5, 5.41) is 10.4. The molecule has 6 rings (SSSR count). The summed E-state index contributed by atoms with van der Waals surface area (Å²) in [6, 6.07) is 0. The van der Waals surface area contributed by atoms with Crippen molar-refractivity contribution in [3.8, 4) is 0 Å². The van der Waals surface area contributed by atoms with Crippen molar-refractivity contribution in [2.24, 2.45) is 23.2 Å². The fourth-order valence-corrected chi connectivity index (χ4v) is 6.86. The van der Waals surface area contributed by atoms with E-state index in [0.717, 1.165) is 51.4 Å². The number of hydrogen-bond donors (Lipinski definition) is 1. The number of hydrogen-bond acceptors (Lipinski definition) is 4. The molecule has 0 radical (unpaired) electrons. The van der Waals surface area contributed by atoms with Gasteiger partial charge in [-0.05, 0) is 76.0 Å². The molecule has 3 saturated heterocycles. The molecule has 3 aliphatic carbocycles. The summed E-state index contributed by atoms with van der Waals surface area (Å²) < 4.78 is 17.4.